The summed E-state index contributed by atoms with van der Waals surface area (Å²) in [6, 6.07) is -1.56. The predicted molar refractivity (Wildman–Crippen MR) is 137 cm³/mol. The van der Waals surface area contributed by atoms with Crippen LogP contribution in [0.1, 0.15) is 61.3 Å². The summed E-state index contributed by atoms with van der Waals surface area (Å²) in [5.74, 6) is -2.24. The first kappa shape index (κ1) is 26.9. The number of nitrogens with zero attached hydrogens (tertiary/aromatic N) is 3. The smallest absolute Gasteiger partial charge is 0.249 e. The molecule has 0 radical (unpaired) electrons. The lowest BCUT2D eigenvalue weighted by Crippen LogP contribution is -2.61. The maximum absolute atomic E-state index is 14.5. The Hall–Kier alpha value is -2.19. The van der Waals surface area contributed by atoms with Crippen LogP contribution in [0.4, 0.5) is 0 Å². The van der Waals surface area contributed by atoms with Gasteiger partial charge in [0, 0.05) is 25.7 Å². The molecule has 0 aromatic heterocycles. The van der Waals surface area contributed by atoms with Gasteiger partial charge >= 0.3 is 0 Å². The van der Waals surface area contributed by atoms with Crippen molar-refractivity contribution in [3.05, 3.63) is 24.3 Å². The van der Waals surface area contributed by atoms with Crippen LogP contribution in [0.5, 0.6) is 0 Å². The van der Waals surface area contributed by atoms with E-state index in [1.807, 2.05) is 36.1 Å². The van der Waals surface area contributed by atoms with E-state index in [0.717, 1.165) is 6.42 Å². The molecule has 3 amide bonds. The number of carbonyl (C=O) groups excluding carboxylic acids is 3. The highest BCUT2D eigenvalue weighted by molar-refractivity contribution is 6.00. The van der Waals surface area contributed by atoms with Crippen LogP contribution < -0.4 is 0 Å². The number of rotatable bonds is 5. The minimum atomic E-state index is -1.29. The number of likely N-dealkylation sites (tertiary alicyclic amines) is 1. The number of fused-ring (bicyclic) bond motifs is 2. The van der Waals surface area contributed by atoms with Gasteiger partial charge in [0.2, 0.25) is 17.7 Å². The van der Waals surface area contributed by atoms with E-state index in [2.05, 4.69) is 34.6 Å². The average Bonchev–Trinajstić information content (AvgIpc) is 3.08. The van der Waals surface area contributed by atoms with E-state index in [-0.39, 0.29) is 29.7 Å². The highest BCUT2D eigenvalue weighted by atomic mass is 16.5. The molecule has 1 N–H and O–H groups in total. The van der Waals surface area contributed by atoms with E-state index >= 15 is 0 Å². The van der Waals surface area contributed by atoms with E-state index < -0.39 is 40.7 Å². The Morgan fingerprint density at radius 2 is 1.67 bits per heavy atom. The van der Waals surface area contributed by atoms with E-state index in [4.69, 9.17) is 4.74 Å². The maximum atomic E-state index is 14.5. The summed E-state index contributed by atoms with van der Waals surface area (Å²) < 4.78 is 6.91. The molecule has 1 unspecified atom stereocenters. The zero-order chi connectivity index (χ0) is 26.8. The predicted octanol–water partition coefficient (Wildman–Crippen LogP) is 2.37. The lowest BCUT2D eigenvalue weighted by molar-refractivity contribution is -0.159. The summed E-state index contributed by atoms with van der Waals surface area (Å²) >= 11 is 0. The molecule has 0 aromatic carbocycles. The monoisotopic (exact) mass is 501 g/mol. The lowest BCUT2D eigenvalue weighted by Gasteiger charge is -2.45. The van der Waals surface area contributed by atoms with Crippen LogP contribution in [0.25, 0.3) is 0 Å². The Morgan fingerprint density at radius 1 is 1.03 bits per heavy atom. The standard InChI is InChI=1S/C28H43N3O5/c1-9-27-12-10-14-29(8)22(33)19(27)20-23(34)31(18(2)16-32)21-24(35)30(15-11-13-28(20,21)36-27)26(6,7)17-25(3,4)5/h10-13,18-21,32H,9,14-17H2,1-8H3/t18-,19+,20+,21?,27-,28+/m1/s1. The second kappa shape index (κ2) is 8.69. The number of aliphatic hydroxyl groups is 1. The van der Waals surface area contributed by atoms with Gasteiger partial charge in [0.1, 0.15) is 11.6 Å². The number of hydrogen-bond donors (Lipinski definition) is 1. The largest absolute Gasteiger partial charge is 0.394 e. The lowest BCUT2D eigenvalue weighted by atomic mass is 9.73. The first-order chi connectivity index (χ1) is 16.7. The number of hydrogen-bond acceptors (Lipinski definition) is 5. The number of aliphatic hydroxyl groups excluding tert-OH is 1. The number of likely N-dealkylation sites (N-methyl/N-ethyl adjacent to an activating group) is 1. The van der Waals surface area contributed by atoms with Gasteiger partial charge in [0.05, 0.1) is 30.1 Å². The van der Waals surface area contributed by atoms with Crippen molar-refractivity contribution >= 4 is 17.7 Å². The highest BCUT2D eigenvalue weighted by Gasteiger charge is 2.75. The van der Waals surface area contributed by atoms with Crippen molar-refractivity contribution in [2.24, 2.45) is 17.3 Å². The maximum Gasteiger partial charge on any atom is 0.249 e. The summed E-state index contributed by atoms with van der Waals surface area (Å²) in [7, 11) is 1.74. The summed E-state index contributed by atoms with van der Waals surface area (Å²) in [6.07, 6.45) is 8.93. The average molecular weight is 502 g/mol. The summed E-state index contributed by atoms with van der Waals surface area (Å²) in [5.41, 5.74) is -2.77. The molecule has 8 heteroatoms. The first-order valence-corrected chi connectivity index (χ1v) is 13.2. The summed E-state index contributed by atoms with van der Waals surface area (Å²) in [5, 5.41) is 10.1. The quantitative estimate of drug-likeness (QED) is 0.584. The van der Waals surface area contributed by atoms with Crippen LogP contribution in [0.3, 0.4) is 0 Å². The summed E-state index contributed by atoms with van der Waals surface area (Å²) in [6.45, 7) is 14.8. The van der Waals surface area contributed by atoms with Crippen molar-refractivity contribution in [3.8, 4) is 0 Å². The molecule has 200 valence electrons. The van der Waals surface area contributed by atoms with Gasteiger partial charge < -0.3 is 24.5 Å². The molecule has 0 aromatic rings. The van der Waals surface area contributed by atoms with Gasteiger partial charge in [-0.05, 0) is 39.0 Å². The number of ether oxygens (including phenoxy) is 1. The second-order valence-corrected chi connectivity index (χ2v) is 12.9. The molecule has 36 heavy (non-hydrogen) atoms. The van der Waals surface area contributed by atoms with Gasteiger partial charge in [0.15, 0.2) is 0 Å². The van der Waals surface area contributed by atoms with Crippen molar-refractivity contribution in [2.45, 2.75) is 90.1 Å². The molecule has 4 aliphatic heterocycles. The minimum Gasteiger partial charge on any atom is -0.394 e. The molecule has 6 atom stereocenters. The normalized spacial score (nSPS) is 35.5. The fraction of sp³-hybridized carbons (Fsp3) is 0.750. The molecule has 4 rings (SSSR count). The van der Waals surface area contributed by atoms with Crippen molar-refractivity contribution in [3.63, 3.8) is 0 Å². The van der Waals surface area contributed by atoms with Gasteiger partial charge in [0.25, 0.3) is 0 Å². The topological polar surface area (TPSA) is 90.4 Å². The molecular weight excluding hydrogens is 458 g/mol. The second-order valence-electron chi connectivity index (χ2n) is 12.9. The van der Waals surface area contributed by atoms with Gasteiger partial charge in [-0.15, -0.1) is 0 Å². The van der Waals surface area contributed by atoms with Crippen molar-refractivity contribution < 1.29 is 24.2 Å². The fourth-order valence-corrected chi connectivity index (χ4v) is 7.32. The van der Waals surface area contributed by atoms with Crippen LogP contribution in [0.15, 0.2) is 24.3 Å². The van der Waals surface area contributed by atoms with Gasteiger partial charge in [-0.1, -0.05) is 52.0 Å². The molecule has 4 aliphatic rings. The Labute approximate surface area is 215 Å². The van der Waals surface area contributed by atoms with Gasteiger partial charge in [-0.3, -0.25) is 14.4 Å². The molecule has 4 heterocycles. The molecule has 8 nitrogen and oxygen atoms in total. The SMILES string of the molecule is CC[C@@]12C=CCN(C)C(=O)[C@@H]1[C@H]1C(=O)N([C@H](C)CO)C3C(=O)N(C(C)(C)CC(C)(C)C)CC=C[C@@]31O2. The minimum absolute atomic E-state index is 0.0191. The van der Waals surface area contributed by atoms with E-state index in [1.165, 1.54) is 4.90 Å². The zero-order valence-corrected chi connectivity index (χ0v) is 23.1. The van der Waals surface area contributed by atoms with Crippen LogP contribution in [-0.2, 0) is 19.1 Å². The molecule has 0 aliphatic carbocycles. The van der Waals surface area contributed by atoms with E-state index in [0.29, 0.717) is 19.5 Å². The Kier molecular flexibility index (Phi) is 6.48. The third kappa shape index (κ3) is 3.83. The zero-order valence-electron chi connectivity index (χ0n) is 23.1. The Balaban J connectivity index is 1.90. The fourth-order valence-electron chi connectivity index (χ4n) is 7.32. The van der Waals surface area contributed by atoms with Crippen LogP contribution in [0.2, 0.25) is 0 Å². The highest BCUT2D eigenvalue weighted by Crippen LogP contribution is 2.59. The van der Waals surface area contributed by atoms with Crippen LogP contribution in [0, 0.1) is 17.3 Å². The third-order valence-electron chi connectivity index (χ3n) is 8.51. The van der Waals surface area contributed by atoms with Crippen LogP contribution in [-0.4, -0.2) is 93.1 Å². The molecule has 1 spiro atoms. The van der Waals surface area contributed by atoms with Crippen molar-refractivity contribution in [2.75, 3.05) is 26.7 Å². The van der Waals surface area contributed by atoms with Gasteiger partial charge in [-0.25, -0.2) is 0 Å². The molecule has 0 bridgehead atoms. The molecule has 2 fully saturated rings. The number of amides is 3. The molecular formula is C28H43N3O5. The van der Waals surface area contributed by atoms with E-state index in [9.17, 15) is 19.5 Å². The number of carbonyl (C=O) groups is 3. The third-order valence-corrected chi connectivity index (χ3v) is 8.51. The Morgan fingerprint density at radius 3 is 2.25 bits per heavy atom. The Bertz CT molecular complexity index is 998. The van der Waals surface area contributed by atoms with Crippen molar-refractivity contribution in [1.29, 1.82) is 0 Å². The first-order valence-electron chi connectivity index (χ1n) is 13.2. The summed E-state index contributed by atoms with van der Waals surface area (Å²) in [4.78, 5) is 47.4. The molecule has 2 saturated heterocycles. The molecule has 0 saturated carbocycles. The van der Waals surface area contributed by atoms with Gasteiger partial charge in [-0.2, -0.15) is 0 Å². The van der Waals surface area contributed by atoms with Crippen molar-refractivity contribution in [1.82, 2.24) is 14.7 Å². The van der Waals surface area contributed by atoms with E-state index in [1.54, 1.807) is 18.9 Å². The van der Waals surface area contributed by atoms with Crippen LogP contribution >= 0.6 is 0 Å².